The monoisotopic (exact) mass is 368 g/mol. The SMILES string of the molecule is Cc1nc2c(Br)cc([N+](=O)[O-])c(NCC3CCOCC3)c2[nH]1. The van der Waals surface area contributed by atoms with Crippen molar-refractivity contribution >= 4 is 38.3 Å². The Morgan fingerprint density at radius 1 is 1.55 bits per heavy atom. The van der Waals surface area contributed by atoms with E-state index in [0.717, 1.165) is 31.9 Å². The molecule has 22 heavy (non-hydrogen) atoms. The van der Waals surface area contributed by atoms with Gasteiger partial charge in [-0.25, -0.2) is 4.98 Å². The number of ether oxygens (including phenoxy) is 1. The number of nitro benzene ring substituents is 1. The molecule has 1 fully saturated rings. The van der Waals surface area contributed by atoms with Crippen molar-refractivity contribution in [1.82, 2.24) is 9.97 Å². The summed E-state index contributed by atoms with van der Waals surface area (Å²) >= 11 is 3.36. The normalized spacial score (nSPS) is 16.1. The van der Waals surface area contributed by atoms with E-state index in [9.17, 15) is 10.1 Å². The van der Waals surface area contributed by atoms with E-state index in [1.807, 2.05) is 6.92 Å². The van der Waals surface area contributed by atoms with Crippen LogP contribution in [-0.2, 0) is 4.74 Å². The van der Waals surface area contributed by atoms with Crippen molar-refractivity contribution in [3.05, 3.63) is 26.5 Å². The van der Waals surface area contributed by atoms with Crippen LogP contribution in [0.15, 0.2) is 10.5 Å². The van der Waals surface area contributed by atoms with Gasteiger partial charge in [0.1, 0.15) is 17.0 Å². The number of hydrogen-bond acceptors (Lipinski definition) is 5. The third kappa shape index (κ3) is 2.93. The van der Waals surface area contributed by atoms with E-state index < -0.39 is 0 Å². The summed E-state index contributed by atoms with van der Waals surface area (Å²) < 4.78 is 5.97. The van der Waals surface area contributed by atoms with Crippen molar-refractivity contribution in [3.8, 4) is 0 Å². The number of aromatic amines is 1. The third-order valence-electron chi connectivity index (χ3n) is 3.92. The summed E-state index contributed by atoms with van der Waals surface area (Å²) in [5.41, 5.74) is 1.94. The fourth-order valence-corrected chi connectivity index (χ4v) is 3.26. The number of benzene rings is 1. The number of fused-ring (bicyclic) bond motifs is 1. The Balaban J connectivity index is 1.96. The first-order valence-corrected chi connectivity index (χ1v) is 8.00. The van der Waals surface area contributed by atoms with Crippen LogP contribution in [0.25, 0.3) is 11.0 Å². The fraction of sp³-hybridized carbons (Fsp3) is 0.500. The van der Waals surface area contributed by atoms with Gasteiger partial charge in [0.05, 0.1) is 14.9 Å². The molecule has 1 aliphatic rings. The van der Waals surface area contributed by atoms with Gasteiger partial charge in [0.15, 0.2) is 0 Å². The Morgan fingerprint density at radius 3 is 2.95 bits per heavy atom. The van der Waals surface area contributed by atoms with Gasteiger partial charge in [0.25, 0.3) is 5.69 Å². The van der Waals surface area contributed by atoms with Crippen molar-refractivity contribution in [2.24, 2.45) is 5.92 Å². The summed E-state index contributed by atoms with van der Waals surface area (Å²) in [7, 11) is 0. The van der Waals surface area contributed by atoms with Crippen LogP contribution in [0.1, 0.15) is 18.7 Å². The molecule has 0 atom stereocenters. The number of aromatic nitrogens is 2. The Labute approximate surface area is 135 Å². The maximum absolute atomic E-state index is 11.4. The smallest absolute Gasteiger partial charge is 0.295 e. The molecule has 2 heterocycles. The summed E-state index contributed by atoms with van der Waals surface area (Å²) in [5.74, 6) is 1.20. The van der Waals surface area contributed by atoms with Crippen molar-refractivity contribution in [3.63, 3.8) is 0 Å². The van der Waals surface area contributed by atoms with Crippen LogP contribution in [0.3, 0.4) is 0 Å². The molecule has 0 bridgehead atoms. The van der Waals surface area contributed by atoms with E-state index in [1.165, 1.54) is 6.07 Å². The van der Waals surface area contributed by atoms with Gasteiger partial charge in [-0.1, -0.05) is 0 Å². The molecule has 1 aromatic carbocycles. The Morgan fingerprint density at radius 2 is 2.27 bits per heavy atom. The molecule has 2 aromatic rings. The molecule has 7 nitrogen and oxygen atoms in total. The number of aryl methyl sites for hydroxylation is 1. The van der Waals surface area contributed by atoms with Gasteiger partial charge in [-0.15, -0.1) is 0 Å². The number of imidazole rings is 1. The Hall–Kier alpha value is -1.67. The van der Waals surface area contributed by atoms with Crippen LogP contribution in [0.4, 0.5) is 11.4 Å². The highest BCUT2D eigenvalue weighted by Crippen LogP contribution is 2.37. The number of nitro groups is 1. The third-order valence-corrected chi connectivity index (χ3v) is 4.53. The molecule has 1 saturated heterocycles. The van der Waals surface area contributed by atoms with Gasteiger partial charge in [-0.2, -0.15) is 0 Å². The second kappa shape index (κ2) is 6.21. The van der Waals surface area contributed by atoms with Crippen molar-refractivity contribution in [2.45, 2.75) is 19.8 Å². The zero-order chi connectivity index (χ0) is 15.7. The van der Waals surface area contributed by atoms with Crippen LogP contribution in [-0.4, -0.2) is 34.6 Å². The van der Waals surface area contributed by atoms with Crippen LogP contribution in [0.5, 0.6) is 0 Å². The molecule has 0 aliphatic carbocycles. The van der Waals surface area contributed by atoms with Crippen LogP contribution in [0, 0.1) is 23.0 Å². The minimum Gasteiger partial charge on any atom is -0.381 e. The summed E-state index contributed by atoms with van der Waals surface area (Å²) in [5, 5.41) is 14.6. The topological polar surface area (TPSA) is 93.1 Å². The maximum Gasteiger partial charge on any atom is 0.295 e. The average molecular weight is 369 g/mol. The van der Waals surface area contributed by atoms with Crippen LogP contribution in [0.2, 0.25) is 0 Å². The van der Waals surface area contributed by atoms with Crippen LogP contribution >= 0.6 is 15.9 Å². The highest BCUT2D eigenvalue weighted by atomic mass is 79.9. The highest BCUT2D eigenvalue weighted by Gasteiger charge is 2.23. The molecule has 0 amide bonds. The largest absolute Gasteiger partial charge is 0.381 e. The number of rotatable bonds is 4. The van der Waals surface area contributed by atoms with E-state index in [-0.39, 0.29) is 10.6 Å². The van der Waals surface area contributed by atoms with Gasteiger partial charge in [-0.05, 0) is 41.6 Å². The van der Waals surface area contributed by atoms with E-state index in [1.54, 1.807) is 0 Å². The van der Waals surface area contributed by atoms with Crippen molar-refractivity contribution in [1.29, 1.82) is 0 Å². The number of halogens is 1. The number of hydrogen-bond donors (Lipinski definition) is 2. The molecule has 2 N–H and O–H groups in total. The molecular formula is C14H17BrN4O3. The zero-order valence-corrected chi connectivity index (χ0v) is 13.8. The fourth-order valence-electron chi connectivity index (χ4n) is 2.75. The zero-order valence-electron chi connectivity index (χ0n) is 12.2. The minimum absolute atomic E-state index is 0.0510. The average Bonchev–Trinajstić information content (AvgIpc) is 2.89. The van der Waals surface area contributed by atoms with E-state index in [4.69, 9.17) is 4.74 Å². The summed E-state index contributed by atoms with van der Waals surface area (Å²) in [6.07, 6.45) is 1.95. The standard InChI is InChI=1S/C14H17BrN4O3/c1-8-17-12-10(15)6-11(19(20)21)13(14(12)18-8)16-7-9-2-4-22-5-3-9/h6,9,16H,2-5,7H2,1H3,(H,17,18). The molecule has 118 valence electrons. The first kappa shape index (κ1) is 15.2. The second-order valence-corrected chi connectivity index (χ2v) is 6.35. The lowest BCUT2D eigenvalue weighted by atomic mass is 10.0. The number of nitrogens with zero attached hydrogens (tertiary/aromatic N) is 2. The lowest BCUT2D eigenvalue weighted by molar-refractivity contribution is -0.383. The Kier molecular flexibility index (Phi) is 4.30. The molecule has 0 spiro atoms. The molecule has 1 aliphatic heterocycles. The number of anilines is 1. The van der Waals surface area contributed by atoms with Gasteiger partial charge in [0, 0.05) is 25.8 Å². The molecule has 1 aromatic heterocycles. The van der Waals surface area contributed by atoms with Crippen molar-refractivity contribution < 1.29 is 9.66 Å². The first-order valence-electron chi connectivity index (χ1n) is 7.21. The lowest BCUT2D eigenvalue weighted by Crippen LogP contribution is -2.23. The summed E-state index contributed by atoms with van der Waals surface area (Å²) in [6, 6.07) is 1.51. The van der Waals surface area contributed by atoms with E-state index in [0.29, 0.717) is 33.7 Å². The molecule has 0 saturated carbocycles. The molecule has 8 heteroatoms. The number of H-pyrrole nitrogens is 1. The van der Waals surface area contributed by atoms with Crippen LogP contribution < -0.4 is 5.32 Å². The van der Waals surface area contributed by atoms with Gasteiger partial charge in [-0.3, -0.25) is 10.1 Å². The lowest BCUT2D eigenvalue weighted by Gasteiger charge is -2.22. The second-order valence-electron chi connectivity index (χ2n) is 5.49. The summed E-state index contributed by atoms with van der Waals surface area (Å²) in [6.45, 7) is 4.04. The quantitative estimate of drug-likeness (QED) is 0.637. The Bertz CT molecular complexity index is 710. The van der Waals surface area contributed by atoms with Gasteiger partial charge < -0.3 is 15.0 Å². The predicted octanol–water partition coefficient (Wildman–Crippen LogP) is 3.38. The minimum atomic E-state index is -0.368. The summed E-state index contributed by atoms with van der Waals surface area (Å²) in [4.78, 5) is 18.5. The molecule has 0 radical (unpaired) electrons. The van der Waals surface area contributed by atoms with Gasteiger partial charge >= 0.3 is 0 Å². The van der Waals surface area contributed by atoms with Crippen molar-refractivity contribution in [2.75, 3.05) is 25.1 Å². The highest BCUT2D eigenvalue weighted by molar-refractivity contribution is 9.10. The molecule has 3 rings (SSSR count). The molecule has 0 unspecified atom stereocenters. The van der Waals surface area contributed by atoms with E-state index in [2.05, 4.69) is 31.2 Å². The first-order chi connectivity index (χ1) is 10.6. The predicted molar refractivity (Wildman–Crippen MR) is 87.2 cm³/mol. The number of nitrogens with one attached hydrogen (secondary N) is 2. The van der Waals surface area contributed by atoms with Gasteiger partial charge in [0.2, 0.25) is 0 Å². The molecular weight excluding hydrogens is 352 g/mol. The van der Waals surface area contributed by atoms with E-state index >= 15 is 0 Å². The maximum atomic E-state index is 11.4.